The highest BCUT2D eigenvalue weighted by atomic mass is 16.5. The fourth-order valence-corrected chi connectivity index (χ4v) is 1.87. The molecule has 20 heavy (non-hydrogen) atoms. The van der Waals surface area contributed by atoms with Crippen molar-refractivity contribution in [2.24, 2.45) is 0 Å². The molecule has 0 bridgehead atoms. The zero-order chi connectivity index (χ0) is 14.8. The van der Waals surface area contributed by atoms with Crippen LogP contribution in [0.15, 0.2) is 24.3 Å². The Balaban J connectivity index is 2.52. The van der Waals surface area contributed by atoms with Crippen molar-refractivity contribution in [2.45, 2.75) is 39.7 Å². The average Bonchev–Trinajstić information content (AvgIpc) is 2.45. The van der Waals surface area contributed by atoms with E-state index in [1.54, 1.807) is 0 Å². The van der Waals surface area contributed by atoms with Gasteiger partial charge in [0.2, 0.25) is 5.91 Å². The van der Waals surface area contributed by atoms with Gasteiger partial charge in [-0.3, -0.25) is 4.79 Å². The predicted molar refractivity (Wildman–Crippen MR) is 82.9 cm³/mol. The van der Waals surface area contributed by atoms with Gasteiger partial charge in [-0.15, -0.1) is 0 Å². The number of hydrogen-bond donors (Lipinski definition) is 2. The summed E-state index contributed by atoms with van der Waals surface area (Å²) in [7, 11) is 0. The molecular formula is C16H26N2O2. The molecule has 0 aromatic heterocycles. The normalized spacial score (nSPS) is 12.2. The maximum atomic E-state index is 11.7. The molecule has 0 aliphatic heterocycles. The summed E-state index contributed by atoms with van der Waals surface area (Å²) in [5.41, 5.74) is 1.99. The molecule has 0 aliphatic rings. The van der Waals surface area contributed by atoms with Crippen LogP contribution < -0.4 is 10.6 Å². The molecule has 112 valence electrons. The Morgan fingerprint density at radius 1 is 1.30 bits per heavy atom. The highest BCUT2D eigenvalue weighted by molar-refractivity contribution is 5.91. The van der Waals surface area contributed by atoms with Crippen molar-refractivity contribution in [1.82, 2.24) is 5.32 Å². The predicted octanol–water partition coefficient (Wildman–Crippen LogP) is 3.11. The molecule has 0 fully saturated rings. The van der Waals surface area contributed by atoms with E-state index in [4.69, 9.17) is 4.74 Å². The van der Waals surface area contributed by atoms with Gasteiger partial charge < -0.3 is 15.4 Å². The maximum Gasteiger partial charge on any atom is 0.250 e. The van der Waals surface area contributed by atoms with E-state index in [2.05, 4.69) is 30.5 Å². The number of rotatable bonds is 9. The second-order valence-electron chi connectivity index (χ2n) is 4.90. The van der Waals surface area contributed by atoms with Crippen LogP contribution in [0.5, 0.6) is 0 Å². The average molecular weight is 278 g/mol. The van der Waals surface area contributed by atoms with Gasteiger partial charge in [0.15, 0.2) is 0 Å². The first-order valence-electron chi connectivity index (χ1n) is 7.38. The third kappa shape index (κ3) is 6.17. The Labute approximate surface area is 121 Å². The standard InChI is InChI=1S/C16H26N2O2/c1-4-9-17-13(3)14-7-6-8-15(11-14)18-16(19)12-20-10-5-2/h6-8,11,13,17H,4-5,9-10,12H2,1-3H3,(H,18,19). The SMILES string of the molecule is CCCNC(C)c1cccc(NC(=O)COCCC)c1. The Morgan fingerprint density at radius 3 is 2.80 bits per heavy atom. The number of anilines is 1. The quantitative estimate of drug-likeness (QED) is 0.682. The Kier molecular flexibility index (Phi) is 7.92. The summed E-state index contributed by atoms with van der Waals surface area (Å²) in [5, 5.41) is 6.29. The van der Waals surface area contributed by atoms with Crippen molar-refractivity contribution in [3.8, 4) is 0 Å². The van der Waals surface area contributed by atoms with Gasteiger partial charge >= 0.3 is 0 Å². The van der Waals surface area contributed by atoms with Crippen LogP contribution in [0.1, 0.15) is 45.2 Å². The van der Waals surface area contributed by atoms with Crippen LogP contribution in [0.4, 0.5) is 5.69 Å². The van der Waals surface area contributed by atoms with Gasteiger partial charge in [0.25, 0.3) is 0 Å². The molecule has 0 spiro atoms. The minimum absolute atomic E-state index is 0.107. The van der Waals surface area contributed by atoms with Gasteiger partial charge in [0, 0.05) is 18.3 Å². The second kappa shape index (κ2) is 9.50. The molecule has 0 radical (unpaired) electrons. The molecule has 4 nitrogen and oxygen atoms in total. The smallest absolute Gasteiger partial charge is 0.250 e. The van der Waals surface area contributed by atoms with Crippen molar-refractivity contribution < 1.29 is 9.53 Å². The Hall–Kier alpha value is -1.39. The van der Waals surface area contributed by atoms with Crippen LogP contribution in [0, 0.1) is 0 Å². The molecule has 1 aromatic carbocycles. The summed E-state index contributed by atoms with van der Waals surface area (Å²) in [6.45, 7) is 8.01. The number of ether oxygens (including phenoxy) is 1. The van der Waals surface area contributed by atoms with E-state index >= 15 is 0 Å². The maximum absolute atomic E-state index is 11.7. The number of amides is 1. The third-order valence-electron chi connectivity index (χ3n) is 2.95. The van der Waals surface area contributed by atoms with Crippen molar-refractivity contribution in [2.75, 3.05) is 25.1 Å². The number of benzene rings is 1. The Bertz CT molecular complexity index is 407. The zero-order valence-electron chi connectivity index (χ0n) is 12.7. The van der Waals surface area contributed by atoms with E-state index in [0.717, 1.165) is 25.1 Å². The first kappa shape index (κ1) is 16.7. The highest BCUT2D eigenvalue weighted by Crippen LogP contribution is 2.17. The lowest BCUT2D eigenvalue weighted by Gasteiger charge is -2.15. The summed E-state index contributed by atoms with van der Waals surface area (Å²) in [6.07, 6.45) is 2.03. The van der Waals surface area contributed by atoms with Gasteiger partial charge in [-0.05, 0) is 44.0 Å². The monoisotopic (exact) mass is 278 g/mol. The molecule has 1 unspecified atom stereocenters. The van der Waals surface area contributed by atoms with Gasteiger partial charge in [0.1, 0.15) is 6.61 Å². The summed E-state index contributed by atoms with van der Waals surface area (Å²) in [4.78, 5) is 11.7. The summed E-state index contributed by atoms with van der Waals surface area (Å²) in [5.74, 6) is -0.107. The van der Waals surface area contributed by atoms with Crippen molar-refractivity contribution in [3.05, 3.63) is 29.8 Å². The molecule has 1 atom stereocenters. The van der Waals surface area contributed by atoms with Crippen LogP contribution in [0.3, 0.4) is 0 Å². The van der Waals surface area contributed by atoms with E-state index in [9.17, 15) is 4.79 Å². The van der Waals surface area contributed by atoms with Gasteiger partial charge in [-0.2, -0.15) is 0 Å². The number of carbonyl (C=O) groups is 1. The third-order valence-corrected chi connectivity index (χ3v) is 2.95. The van der Waals surface area contributed by atoms with Crippen LogP contribution in [0.25, 0.3) is 0 Å². The molecule has 0 aliphatic carbocycles. The summed E-state index contributed by atoms with van der Waals surface area (Å²) in [6, 6.07) is 8.21. The van der Waals surface area contributed by atoms with Gasteiger partial charge in [0.05, 0.1) is 0 Å². The van der Waals surface area contributed by atoms with E-state index in [-0.39, 0.29) is 18.6 Å². The van der Waals surface area contributed by atoms with E-state index in [0.29, 0.717) is 6.61 Å². The lowest BCUT2D eigenvalue weighted by molar-refractivity contribution is -0.120. The van der Waals surface area contributed by atoms with Crippen molar-refractivity contribution in [3.63, 3.8) is 0 Å². The van der Waals surface area contributed by atoms with Gasteiger partial charge in [-0.1, -0.05) is 26.0 Å². The summed E-state index contributed by atoms with van der Waals surface area (Å²) < 4.78 is 5.22. The molecule has 2 N–H and O–H groups in total. The number of nitrogens with one attached hydrogen (secondary N) is 2. The Morgan fingerprint density at radius 2 is 2.10 bits per heavy atom. The minimum atomic E-state index is -0.107. The molecule has 0 saturated carbocycles. The highest BCUT2D eigenvalue weighted by Gasteiger charge is 2.07. The van der Waals surface area contributed by atoms with Crippen molar-refractivity contribution in [1.29, 1.82) is 0 Å². The molecule has 1 aromatic rings. The fraction of sp³-hybridized carbons (Fsp3) is 0.562. The molecule has 0 saturated heterocycles. The second-order valence-corrected chi connectivity index (χ2v) is 4.90. The van der Waals surface area contributed by atoms with Crippen molar-refractivity contribution >= 4 is 11.6 Å². The topological polar surface area (TPSA) is 50.4 Å². The van der Waals surface area contributed by atoms with E-state index in [1.165, 1.54) is 5.56 Å². The van der Waals surface area contributed by atoms with E-state index < -0.39 is 0 Å². The van der Waals surface area contributed by atoms with E-state index in [1.807, 2.05) is 25.1 Å². The molecule has 1 rings (SSSR count). The minimum Gasteiger partial charge on any atom is -0.372 e. The molecular weight excluding hydrogens is 252 g/mol. The van der Waals surface area contributed by atoms with Crippen LogP contribution in [0.2, 0.25) is 0 Å². The largest absolute Gasteiger partial charge is 0.372 e. The molecule has 1 amide bonds. The fourth-order valence-electron chi connectivity index (χ4n) is 1.87. The number of carbonyl (C=O) groups excluding carboxylic acids is 1. The first-order valence-corrected chi connectivity index (χ1v) is 7.38. The molecule has 4 heteroatoms. The van der Waals surface area contributed by atoms with Crippen LogP contribution in [-0.4, -0.2) is 25.7 Å². The molecule has 0 heterocycles. The van der Waals surface area contributed by atoms with Crippen LogP contribution in [-0.2, 0) is 9.53 Å². The summed E-state index contributed by atoms with van der Waals surface area (Å²) >= 11 is 0. The first-order chi connectivity index (χ1) is 9.67. The van der Waals surface area contributed by atoms with Gasteiger partial charge in [-0.25, -0.2) is 0 Å². The van der Waals surface area contributed by atoms with Crippen LogP contribution >= 0.6 is 0 Å². The lowest BCUT2D eigenvalue weighted by Crippen LogP contribution is -2.20. The zero-order valence-corrected chi connectivity index (χ0v) is 12.7. The number of hydrogen-bond acceptors (Lipinski definition) is 3. The lowest BCUT2D eigenvalue weighted by atomic mass is 10.1.